The highest BCUT2D eigenvalue weighted by Gasteiger charge is 2.26. The summed E-state index contributed by atoms with van der Waals surface area (Å²) >= 11 is 0. The number of hydrogen-bond acceptors (Lipinski definition) is 3. The van der Waals surface area contributed by atoms with Gasteiger partial charge in [-0.1, -0.05) is 0 Å². The van der Waals surface area contributed by atoms with Crippen molar-refractivity contribution in [3.05, 3.63) is 24.3 Å². The van der Waals surface area contributed by atoms with Crippen molar-refractivity contribution in [2.45, 2.75) is 51.5 Å². The lowest BCUT2D eigenvalue weighted by Crippen LogP contribution is -2.45. The summed E-state index contributed by atoms with van der Waals surface area (Å²) in [5.41, 5.74) is 1.62. The second-order valence-electron chi connectivity index (χ2n) is 6.23. The Morgan fingerprint density at radius 2 is 1.79 bits per heavy atom. The van der Waals surface area contributed by atoms with E-state index in [0.29, 0.717) is 5.69 Å². The molecular weight excluding hydrogens is 321 g/mol. The molecule has 134 valence electrons. The van der Waals surface area contributed by atoms with Gasteiger partial charge < -0.3 is 15.0 Å². The van der Waals surface area contributed by atoms with Gasteiger partial charge in [0.25, 0.3) is 0 Å². The lowest BCUT2D eigenvalue weighted by molar-refractivity contribution is -0.136. The van der Waals surface area contributed by atoms with E-state index in [1.165, 1.54) is 0 Å². The molecular formula is C17H23F3N2O2. The minimum Gasteiger partial charge on any atom is -0.372 e. The Morgan fingerprint density at radius 1 is 1.21 bits per heavy atom. The van der Waals surface area contributed by atoms with Gasteiger partial charge in [-0.05, 0) is 44.5 Å². The average Bonchev–Trinajstić information content (AvgIpc) is 2.45. The Labute approximate surface area is 140 Å². The second kappa shape index (κ2) is 7.88. The number of amides is 1. The van der Waals surface area contributed by atoms with E-state index in [0.717, 1.165) is 18.8 Å². The van der Waals surface area contributed by atoms with Crippen LogP contribution in [0.5, 0.6) is 0 Å². The Morgan fingerprint density at radius 3 is 2.33 bits per heavy atom. The zero-order valence-electron chi connectivity index (χ0n) is 13.9. The van der Waals surface area contributed by atoms with Crippen molar-refractivity contribution in [3.63, 3.8) is 0 Å². The number of morpholine rings is 1. The van der Waals surface area contributed by atoms with E-state index in [1.54, 1.807) is 12.1 Å². The van der Waals surface area contributed by atoms with E-state index >= 15 is 0 Å². The molecule has 1 aromatic carbocycles. The smallest absolute Gasteiger partial charge is 0.372 e. The van der Waals surface area contributed by atoms with E-state index in [4.69, 9.17) is 4.74 Å². The molecule has 24 heavy (non-hydrogen) atoms. The fraction of sp³-hybridized carbons (Fsp3) is 0.588. The van der Waals surface area contributed by atoms with Crippen LogP contribution in [0, 0.1) is 0 Å². The molecule has 0 aromatic heterocycles. The van der Waals surface area contributed by atoms with Crippen LogP contribution in [-0.2, 0) is 9.53 Å². The molecule has 1 fully saturated rings. The van der Waals surface area contributed by atoms with Crippen molar-refractivity contribution in [2.75, 3.05) is 23.3 Å². The summed E-state index contributed by atoms with van der Waals surface area (Å²) in [5.74, 6) is -0.402. The number of carbonyl (C=O) groups is 1. The number of nitrogens with one attached hydrogen (secondary N) is 1. The van der Waals surface area contributed by atoms with Crippen LogP contribution in [0.25, 0.3) is 0 Å². The third-order valence-electron chi connectivity index (χ3n) is 3.80. The molecule has 1 aliphatic heterocycles. The van der Waals surface area contributed by atoms with Gasteiger partial charge in [-0.3, -0.25) is 4.79 Å². The number of rotatable bonds is 5. The SMILES string of the molecule is C[C@H]1CN(c2ccc(NC(=O)CCCC(F)(F)F)cc2)C[C@H](C)O1. The van der Waals surface area contributed by atoms with Gasteiger partial charge in [-0.15, -0.1) is 0 Å². The van der Waals surface area contributed by atoms with Crippen LogP contribution in [0.3, 0.4) is 0 Å². The zero-order valence-corrected chi connectivity index (χ0v) is 13.9. The summed E-state index contributed by atoms with van der Waals surface area (Å²) in [6.07, 6.45) is -5.18. The topological polar surface area (TPSA) is 41.6 Å². The molecule has 0 aliphatic carbocycles. The van der Waals surface area contributed by atoms with E-state index in [-0.39, 0.29) is 25.0 Å². The largest absolute Gasteiger partial charge is 0.389 e. The first-order valence-corrected chi connectivity index (χ1v) is 8.10. The predicted octanol–water partition coefficient (Wildman–Crippen LogP) is 3.97. The number of hydrogen-bond donors (Lipinski definition) is 1. The van der Waals surface area contributed by atoms with Crippen LogP contribution < -0.4 is 10.2 Å². The van der Waals surface area contributed by atoms with Crippen LogP contribution in [0.15, 0.2) is 24.3 Å². The van der Waals surface area contributed by atoms with Gasteiger partial charge in [0.05, 0.1) is 12.2 Å². The van der Waals surface area contributed by atoms with Gasteiger partial charge in [0.15, 0.2) is 0 Å². The molecule has 1 amide bonds. The highest BCUT2D eigenvalue weighted by molar-refractivity contribution is 5.90. The van der Waals surface area contributed by atoms with Gasteiger partial charge in [0.1, 0.15) is 0 Å². The number of benzene rings is 1. The quantitative estimate of drug-likeness (QED) is 0.879. The van der Waals surface area contributed by atoms with Crippen molar-refractivity contribution < 1.29 is 22.7 Å². The molecule has 2 atom stereocenters. The highest BCUT2D eigenvalue weighted by atomic mass is 19.4. The van der Waals surface area contributed by atoms with Crippen molar-refractivity contribution in [2.24, 2.45) is 0 Å². The van der Waals surface area contributed by atoms with Crippen LogP contribution >= 0.6 is 0 Å². The number of carbonyl (C=O) groups excluding carboxylic acids is 1. The normalized spacial score (nSPS) is 21.6. The predicted molar refractivity (Wildman–Crippen MR) is 87.2 cm³/mol. The number of anilines is 2. The van der Waals surface area contributed by atoms with Crippen LogP contribution in [0.2, 0.25) is 0 Å². The Hall–Kier alpha value is -1.76. The molecule has 0 bridgehead atoms. The van der Waals surface area contributed by atoms with Crippen molar-refractivity contribution in [1.82, 2.24) is 0 Å². The van der Waals surface area contributed by atoms with E-state index in [1.807, 2.05) is 26.0 Å². The maximum absolute atomic E-state index is 12.1. The summed E-state index contributed by atoms with van der Waals surface area (Å²) < 4.78 is 41.9. The van der Waals surface area contributed by atoms with Gasteiger partial charge in [0, 0.05) is 37.3 Å². The highest BCUT2D eigenvalue weighted by Crippen LogP contribution is 2.24. The lowest BCUT2D eigenvalue weighted by Gasteiger charge is -2.36. The first kappa shape index (κ1) is 18.6. The Bertz CT molecular complexity index is 536. The lowest BCUT2D eigenvalue weighted by atomic mass is 10.2. The maximum Gasteiger partial charge on any atom is 0.389 e. The molecule has 0 saturated carbocycles. The summed E-state index contributed by atoms with van der Waals surface area (Å²) in [4.78, 5) is 13.9. The van der Waals surface area contributed by atoms with Crippen molar-refractivity contribution in [1.29, 1.82) is 0 Å². The molecule has 0 unspecified atom stereocenters. The number of alkyl halides is 3. The van der Waals surface area contributed by atoms with Gasteiger partial charge in [-0.25, -0.2) is 0 Å². The van der Waals surface area contributed by atoms with Gasteiger partial charge in [0.2, 0.25) is 5.91 Å². The summed E-state index contributed by atoms with van der Waals surface area (Å²) in [5, 5.41) is 2.63. The first-order chi connectivity index (χ1) is 11.2. The summed E-state index contributed by atoms with van der Waals surface area (Å²) in [7, 11) is 0. The van der Waals surface area contributed by atoms with Crippen molar-refractivity contribution in [3.8, 4) is 0 Å². The van der Waals surface area contributed by atoms with Gasteiger partial charge >= 0.3 is 6.18 Å². The monoisotopic (exact) mass is 344 g/mol. The Balaban J connectivity index is 1.84. The molecule has 2 rings (SSSR count). The molecule has 0 spiro atoms. The zero-order chi connectivity index (χ0) is 17.7. The van der Waals surface area contributed by atoms with E-state index in [2.05, 4.69) is 10.2 Å². The fourth-order valence-corrected chi connectivity index (χ4v) is 2.82. The Kier molecular flexibility index (Phi) is 6.10. The van der Waals surface area contributed by atoms with Crippen LogP contribution in [-0.4, -0.2) is 37.4 Å². The number of ether oxygens (including phenoxy) is 1. The van der Waals surface area contributed by atoms with Crippen LogP contribution in [0.1, 0.15) is 33.1 Å². The number of nitrogens with zero attached hydrogens (tertiary/aromatic N) is 1. The van der Waals surface area contributed by atoms with Crippen LogP contribution in [0.4, 0.5) is 24.5 Å². The minimum absolute atomic E-state index is 0.139. The molecule has 1 heterocycles. The first-order valence-electron chi connectivity index (χ1n) is 8.10. The minimum atomic E-state index is -4.21. The van der Waals surface area contributed by atoms with E-state index < -0.39 is 18.5 Å². The third-order valence-corrected chi connectivity index (χ3v) is 3.80. The van der Waals surface area contributed by atoms with Gasteiger partial charge in [-0.2, -0.15) is 13.2 Å². The molecule has 1 saturated heterocycles. The third kappa shape index (κ3) is 6.03. The molecule has 4 nitrogen and oxygen atoms in total. The standard InChI is InChI=1S/C17H23F3N2O2/c1-12-10-22(11-13(2)24-12)15-7-5-14(6-8-15)21-16(23)4-3-9-17(18,19)20/h5-8,12-13H,3-4,9-11H2,1-2H3,(H,21,23)/t12-,13-/m0/s1. The second-order valence-corrected chi connectivity index (χ2v) is 6.23. The molecule has 1 N–H and O–H groups in total. The molecule has 7 heteroatoms. The van der Waals surface area contributed by atoms with Crippen molar-refractivity contribution >= 4 is 17.3 Å². The molecule has 0 radical (unpaired) electrons. The molecule has 1 aliphatic rings. The fourth-order valence-electron chi connectivity index (χ4n) is 2.82. The molecule has 1 aromatic rings. The van der Waals surface area contributed by atoms with E-state index in [9.17, 15) is 18.0 Å². The summed E-state index contributed by atoms with van der Waals surface area (Å²) in [6.45, 7) is 5.65. The average molecular weight is 344 g/mol. The summed E-state index contributed by atoms with van der Waals surface area (Å²) in [6, 6.07) is 7.33. The maximum atomic E-state index is 12.1. The number of halogens is 3.